The molecule has 4 saturated carbocycles. The van der Waals surface area contributed by atoms with E-state index in [1.165, 1.54) is 6.42 Å². The van der Waals surface area contributed by atoms with Crippen LogP contribution in [0.25, 0.3) is 0 Å². The van der Waals surface area contributed by atoms with Gasteiger partial charge < -0.3 is 9.79 Å². The van der Waals surface area contributed by atoms with Gasteiger partial charge in [0.2, 0.25) is 0 Å². The molecule has 8 atom stereocenters. The van der Waals surface area contributed by atoms with E-state index in [-0.39, 0.29) is 12.2 Å². The Morgan fingerprint density at radius 2 is 1.35 bits per heavy atom. The summed E-state index contributed by atoms with van der Waals surface area (Å²) in [5, 5.41) is 7.81. The van der Waals surface area contributed by atoms with Crippen LogP contribution in [0.5, 0.6) is 0 Å². The van der Waals surface area contributed by atoms with E-state index in [9.17, 15) is 14.4 Å². The van der Waals surface area contributed by atoms with Crippen LogP contribution in [0.2, 0.25) is 0 Å². The van der Waals surface area contributed by atoms with Crippen molar-refractivity contribution in [3.8, 4) is 0 Å². The Morgan fingerprint density at radius 1 is 0.826 bits per heavy atom. The first-order valence-electron chi connectivity index (χ1n) is 8.57. The Labute approximate surface area is 136 Å². The average molecular weight is 365 g/mol. The summed E-state index contributed by atoms with van der Waals surface area (Å²) in [5.41, 5.74) is 0. The molecule has 0 spiro atoms. The summed E-state index contributed by atoms with van der Waals surface area (Å²) in [7, 11) is -8.59. The van der Waals surface area contributed by atoms with E-state index >= 15 is 0 Å². The number of nitrogens with one attached hydrogen (secondary N) is 1. The molecule has 0 radical (unpaired) electrons. The van der Waals surface area contributed by atoms with Crippen LogP contribution < -0.4 is 0 Å². The van der Waals surface area contributed by atoms with Crippen molar-refractivity contribution in [1.29, 1.82) is 5.16 Å². The summed E-state index contributed by atoms with van der Waals surface area (Å²) >= 11 is 0. The number of rotatable bonds is 6. The fraction of sp³-hybridized carbons (Fsp3) is 1.00. The molecule has 4 rings (SSSR count). The molecule has 0 aromatic rings. The summed E-state index contributed by atoms with van der Waals surface area (Å²) < 4.78 is 27.6. The highest BCUT2D eigenvalue weighted by molar-refractivity contribution is 7.61. The van der Waals surface area contributed by atoms with Crippen LogP contribution >= 0.6 is 15.6 Å². The summed E-state index contributed by atoms with van der Waals surface area (Å²) in [6.07, 6.45) is 7.51. The van der Waals surface area contributed by atoms with Crippen molar-refractivity contribution < 1.29 is 27.7 Å². The Kier molecular flexibility index (Phi) is 4.29. The zero-order chi connectivity index (χ0) is 16.2. The Bertz CT molecular complexity index is 523. The summed E-state index contributed by atoms with van der Waals surface area (Å²) in [6.45, 7) is 0. The van der Waals surface area contributed by atoms with Gasteiger partial charge in [-0.15, -0.1) is 0 Å². The summed E-state index contributed by atoms with van der Waals surface area (Å²) in [4.78, 5) is 20.0. The van der Waals surface area contributed by atoms with E-state index in [2.05, 4.69) is 0 Å². The standard InChI is InChI=1S/C14H25NO6P2/c15-22(16,19-13-7-9-1-3-11(13)5-9)21-23(17,18)20-14-8-10-2-4-12(14)6-10/h9-14H,1-8H2,(H2,15,16)(H,17,18). The minimum Gasteiger partial charge on any atom is -0.318 e. The molecule has 7 nitrogen and oxygen atoms in total. The second-order valence-electron chi connectivity index (χ2n) is 7.71. The molecule has 0 aliphatic heterocycles. The molecule has 132 valence electrons. The molecule has 4 fully saturated rings. The minimum absolute atomic E-state index is 0.230. The predicted molar refractivity (Wildman–Crippen MR) is 83.4 cm³/mol. The Balaban J connectivity index is 1.33. The van der Waals surface area contributed by atoms with Crippen LogP contribution in [0.3, 0.4) is 0 Å². The molecule has 0 aromatic heterocycles. The van der Waals surface area contributed by atoms with Gasteiger partial charge in [-0.3, -0.25) is 9.05 Å². The molecule has 0 heterocycles. The number of hydrogen-bond donors (Lipinski definition) is 3. The van der Waals surface area contributed by atoms with E-state index < -0.39 is 15.6 Å². The Hall–Kier alpha value is 0.260. The van der Waals surface area contributed by atoms with Crippen molar-refractivity contribution in [2.75, 3.05) is 0 Å². The van der Waals surface area contributed by atoms with Crippen molar-refractivity contribution in [3.05, 3.63) is 0 Å². The third-order valence-corrected chi connectivity index (χ3v) is 8.91. The van der Waals surface area contributed by atoms with Crippen LogP contribution in [0.15, 0.2) is 0 Å². The third kappa shape index (κ3) is 3.62. The van der Waals surface area contributed by atoms with Crippen molar-refractivity contribution in [2.24, 2.45) is 23.7 Å². The maximum absolute atomic E-state index is 12.2. The first-order valence-corrected chi connectivity index (χ1v) is 11.6. The fourth-order valence-corrected chi connectivity index (χ4v) is 7.82. The maximum Gasteiger partial charge on any atom is 0.480 e. The third-order valence-electron chi connectivity index (χ3n) is 6.11. The van der Waals surface area contributed by atoms with Crippen LogP contribution in [0.1, 0.15) is 51.4 Å². The van der Waals surface area contributed by atoms with Gasteiger partial charge in [0.1, 0.15) is 0 Å². The fourth-order valence-electron chi connectivity index (χ4n) is 5.16. The predicted octanol–water partition coefficient (Wildman–Crippen LogP) is 4.03. The quantitative estimate of drug-likeness (QED) is 0.613. The van der Waals surface area contributed by atoms with Gasteiger partial charge >= 0.3 is 15.6 Å². The van der Waals surface area contributed by atoms with Gasteiger partial charge in [0.05, 0.1) is 12.2 Å². The number of fused-ring (bicyclic) bond motifs is 4. The van der Waals surface area contributed by atoms with Crippen LogP contribution in [0, 0.1) is 28.8 Å². The number of phosphoric acid groups is 1. The lowest BCUT2D eigenvalue weighted by molar-refractivity contribution is 0.0757. The van der Waals surface area contributed by atoms with E-state index in [1.54, 1.807) is 0 Å². The first kappa shape index (κ1) is 16.7. The van der Waals surface area contributed by atoms with Crippen molar-refractivity contribution >= 4 is 15.6 Å². The normalized spacial score (nSPS) is 46.9. The van der Waals surface area contributed by atoms with Gasteiger partial charge in [-0.2, -0.15) is 0 Å². The second-order valence-corrected chi connectivity index (χ2v) is 10.8. The van der Waals surface area contributed by atoms with Crippen LogP contribution in [0.4, 0.5) is 0 Å². The van der Waals surface area contributed by atoms with Crippen molar-refractivity contribution in [2.45, 2.75) is 63.6 Å². The highest BCUT2D eigenvalue weighted by atomic mass is 31.3. The molecule has 3 N–H and O–H groups in total. The molecule has 0 amide bonds. The molecular weight excluding hydrogens is 340 g/mol. The molecule has 4 aliphatic carbocycles. The van der Waals surface area contributed by atoms with Gasteiger partial charge in [-0.1, -0.05) is 0 Å². The Morgan fingerprint density at radius 3 is 1.78 bits per heavy atom. The number of phosphoric ester groups is 1. The zero-order valence-corrected chi connectivity index (χ0v) is 14.8. The lowest BCUT2D eigenvalue weighted by Crippen LogP contribution is -2.21. The highest BCUT2D eigenvalue weighted by Gasteiger charge is 2.47. The van der Waals surface area contributed by atoms with E-state index in [0.29, 0.717) is 23.7 Å². The zero-order valence-electron chi connectivity index (χ0n) is 13.0. The molecule has 9 heteroatoms. The topological polar surface area (TPSA) is 109 Å². The lowest BCUT2D eigenvalue weighted by Gasteiger charge is -2.28. The van der Waals surface area contributed by atoms with Gasteiger partial charge in [0, 0.05) is 0 Å². The van der Waals surface area contributed by atoms with Crippen LogP contribution in [-0.2, 0) is 17.9 Å². The molecule has 23 heavy (non-hydrogen) atoms. The van der Waals surface area contributed by atoms with Crippen molar-refractivity contribution in [3.63, 3.8) is 0 Å². The van der Waals surface area contributed by atoms with Crippen LogP contribution in [-0.4, -0.2) is 22.0 Å². The second kappa shape index (κ2) is 5.91. The molecule has 4 bridgehead atoms. The maximum atomic E-state index is 12.2. The monoisotopic (exact) mass is 365 g/mol. The van der Waals surface area contributed by atoms with Gasteiger partial charge in [0.25, 0.3) is 0 Å². The lowest BCUT2D eigenvalue weighted by atomic mass is 9.98. The van der Waals surface area contributed by atoms with Gasteiger partial charge in [-0.25, -0.2) is 14.0 Å². The molecule has 0 aromatic carbocycles. The summed E-state index contributed by atoms with van der Waals surface area (Å²) in [6, 6.07) is 0. The smallest absolute Gasteiger partial charge is 0.318 e. The number of hydrogen-bond acceptors (Lipinski definition) is 5. The van der Waals surface area contributed by atoms with Crippen molar-refractivity contribution in [1.82, 2.24) is 0 Å². The average Bonchev–Trinajstić information content (AvgIpc) is 3.15. The minimum atomic E-state index is -4.48. The molecular formula is C14H25NO6P2. The first-order chi connectivity index (χ1) is 10.8. The van der Waals surface area contributed by atoms with Gasteiger partial charge in [0.15, 0.2) is 0 Å². The van der Waals surface area contributed by atoms with E-state index in [0.717, 1.165) is 44.9 Å². The molecule has 0 saturated heterocycles. The van der Waals surface area contributed by atoms with Gasteiger partial charge in [-0.05, 0) is 75.0 Å². The van der Waals surface area contributed by atoms with E-state index in [4.69, 9.17) is 18.5 Å². The molecule has 4 aliphatic rings. The highest BCUT2D eigenvalue weighted by Crippen LogP contribution is 2.65. The van der Waals surface area contributed by atoms with E-state index in [1.807, 2.05) is 0 Å². The SMILES string of the molecule is N=P(O)(OC1CC2CCC1C2)OP(=O)(O)OC1CC2CCC1C2. The summed E-state index contributed by atoms with van der Waals surface area (Å²) in [5.74, 6) is 1.80. The molecule has 8 unspecified atom stereocenters. The largest absolute Gasteiger partial charge is 0.480 e.